The van der Waals surface area contributed by atoms with E-state index in [1.54, 1.807) is 6.92 Å². The molecule has 3 nitrogen and oxygen atoms in total. The molecule has 0 radical (unpaired) electrons. The summed E-state index contributed by atoms with van der Waals surface area (Å²) in [7, 11) is 4.05. The summed E-state index contributed by atoms with van der Waals surface area (Å²) in [5, 5.41) is 12.5. The minimum absolute atomic E-state index is 0.246. The van der Waals surface area contributed by atoms with Gasteiger partial charge in [0.1, 0.15) is 0 Å². The minimum atomic E-state index is -0.246. The lowest BCUT2D eigenvalue weighted by Gasteiger charge is -2.18. The van der Waals surface area contributed by atoms with Crippen molar-refractivity contribution in [2.75, 3.05) is 30.9 Å². The van der Waals surface area contributed by atoms with Crippen molar-refractivity contribution in [2.24, 2.45) is 0 Å². The average molecular weight is 208 g/mol. The van der Waals surface area contributed by atoms with Crippen LogP contribution in [0.2, 0.25) is 0 Å². The smallest absolute Gasteiger partial charge is 0.0596 e. The fourth-order valence-electron chi connectivity index (χ4n) is 1.43. The number of anilines is 2. The molecule has 0 aliphatic rings. The summed E-state index contributed by atoms with van der Waals surface area (Å²) in [6.07, 6.45) is 0.519. The van der Waals surface area contributed by atoms with Crippen LogP contribution >= 0.6 is 0 Å². The maximum absolute atomic E-state index is 9.16. The van der Waals surface area contributed by atoms with E-state index in [1.165, 1.54) is 5.69 Å². The van der Waals surface area contributed by atoms with Crippen LogP contribution in [0.1, 0.15) is 13.3 Å². The van der Waals surface area contributed by atoms with E-state index >= 15 is 0 Å². The van der Waals surface area contributed by atoms with Crippen molar-refractivity contribution < 1.29 is 5.11 Å². The highest BCUT2D eigenvalue weighted by atomic mass is 16.3. The Bertz CT molecular complexity index is 297. The molecule has 15 heavy (non-hydrogen) atoms. The number of aliphatic hydroxyl groups is 1. The van der Waals surface area contributed by atoms with Crippen molar-refractivity contribution in [1.29, 1.82) is 0 Å². The fourth-order valence-corrected chi connectivity index (χ4v) is 1.43. The number of nitrogens with one attached hydrogen (secondary N) is 1. The second-order valence-electron chi connectivity index (χ2n) is 3.98. The molecule has 1 rings (SSSR count). The number of rotatable bonds is 5. The number of hydrogen-bond donors (Lipinski definition) is 2. The minimum Gasteiger partial charge on any atom is -0.393 e. The van der Waals surface area contributed by atoms with Gasteiger partial charge in [-0.2, -0.15) is 0 Å². The normalized spacial score (nSPS) is 12.3. The van der Waals surface area contributed by atoms with Crippen LogP contribution in [-0.4, -0.2) is 31.9 Å². The van der Waals surface area contributed by atoms with Gasteiger partial charge in [-0.05, 0) is 25.5 Å². The summed E-state index contributed by atoms with van der Waals surface area (Å²) in [6.45, 7) is 2.60. The molecule has 0 fully saturated rings. The van der Waals surface area contributed by atoms with Crippen LogP contribution < -0.4 is 10.2 Å². The predicted octanol–water partition coefficient (Wildman–Crippen LogP) is 1.94. The average Bonchev–Trinajstić information content (AvgIpc) is 2.17. The topological polar surface area (TPSA) is 35.5 Å². The first kappa shape index (κ1) is 11.9. The predicted molar refractivity (Wildman–Crippen MR) is 65.6 cm³/mol. The van der Waals surface area contributed by atoms with Gasteiger partial charge in [-0.25, -0.2) is 0 Å². The molecular weight excluding hydrogens is 188 g/mol. The zero-order valence-electron chi connectivity index (χ0n) is 9.70. The number of hydrogen-bond acceptors (Lipinski definition) is 3. The van der Waals surface area contributed by atoms with Gasteiger partial charge in [0.15, 0.2) is 0 Å². The monoisotopic (exact) mass is 208 g/mol. The first-order chi connectivity index (χ1) is 7.11. The van der Waals surface area contributed by atoms with Crippen LogP contribution in [0.4, 0.5) is 11.4 Å². The van der Waals surface area contributed by atoms with E-state index in [9.17, 15) is 0 Å². The van der Waals surface area contributed by atoms with Gasteiger partial charge >= 0.3 is 0 Å². The molecule has 0 saturated carbocycles. The summed E-state index contributed by atoms with van der Waals surface area (Å²) in [4.78, 5) is 2.07. The van der Waals surface area contributed by atoms with Gasteiger partial charge in [-0.15, -0.1) is 0 Å². The molecule has 0 heterocycles. The zero-order chi connectivity index (χ0) is 11.3. The van der Waals surface area contributed by atoms with E-state index in [2.05, 4.69) is 22.3 Å². The second-order valence-corrected chi connectivity index (χ2v) is 3.98. The van der Waals surface area contributed by atoms with E-state index in [1.807, 2.05) is 26.2 Å². The van der Waals surface area contributed by atoms with Gasteiger partial charge < -0.3 is 15.3 Å². The molecule has 0 saturated heterocycles. The van der Waals surface area contributed by atoms with Crippen molar-refractivity contribution in [3.05, 3.63) is 24.3 Å². The Morgan fingerprint density at radius 2 is 2.00 bits per heavy atom. The molecule has 0 aromatic heterocycles. The molecule has 3 heteroatoms. The maximum atomic E-state index is 9.16. The Labute approximate surface area is 91.7 Å². The molecule has 2 N–H and O–H groups in total. The van der Waals surface area contributed by atoms with E-state index in [-0.39, 0.29) is 6.10 Å². The van der Waals surface area contributed by atoms with Crippen molar-refractivity contribution >= 4 is 11.4 Å². The maximum Gasteiger partial charge on any atom is 0.0596 e. The summed E-state index contributed by atoms with van der Waals surface area (Å²) in [6, 6.07) is 8.16. The van der Waals surface area contributed by atoms with Crippen LogP contribution in [0.3, 0.4) is 0 Å². The third kappa shape index (κ3) is 3.80. The van der Waals surface area contributed by atoms with Crippen molar-refractivity contribution in [1.82, 2.24) is 0 Å². The van der Waals surface area contributed by atoms with Crippen LogP contribution in [-0.2, 0) is 0 Å². The largest absolute Gasteiger partial charge is 0.393 e. The van der Waals surface area contributed by atoms with Gasteiger partial charge in [0.05, 0.1) is 17.5 Å². The molecular formula is C12H20N2O. The number of para-hydroxylation sites is 2. The molecule has 0 amide bonds. The van der Waals surface area contributed by atoms with Crippen molar-refractivity contribution in [3.8, 4) is 0 Å². The second kappa shape index (κ2) is 5.61. The van der Waals surface area contributed by atoms with E-state index in [4.69, 9.17) is 5.11 Å². The van der Waals surface area contributed by atoms with Crippen molar-refractivity contribution in [3.63, 3.8) is 0 Å². The van der Waals surface area contributed by atoms with Gasteiger partial charge in [-0.3, -0.25) is 0 Å². The number of aliphatic hydroxyl groups excluding tert-OH is 1. The third-order valence-electron chi connectivity index (χ3n) is 2.26. The Morgan fingerprint density at radius 1 is 1.33 bits per heavy atom. The highest BCUT2D eigenvalue weighted by Crippen LogP contribution is 2.23. The summed E-state index contributed by atoms with van der Waals surface area (Å²) < 4.78 is 0. The lowest BCUT2D eigenvalue weighted by molar-refractivity contribution is 0.189. The lowest BCUT2D eigenvalue weighted by atomic mass is 10.2. The molecule has 0 spiro atoms. The Hall–Kier alpha value is -1.22. The van der Waals surface area contributed by atoms with Gasteiger partial charge in [0.25, 0.3) is 0 Å². The Morgan fingerprint density at radius 3 is 2.60 bits per heavy atom. The first-order valence-corrected chi connectivity index (χ1v) is 5.29. The zero-order valence-corrected chi connectivity index (χ0v) is 9.70. The van der Waals surface area contributed by atoms with E-state index < -0.39 is 0 Å². The van der Waals surface area contributed by atoms with Crippen molar-refractivity contribution in [2.45, 2.75) is 19.4 Å². The highest BCUT2D eigenvalue weighted by molar-refractivity contribution is 5.69. The van der Waals surface area contributed by atoms with Crippen LogP contribution in [0.15, 0.2) is 24.3 Å². The standard InChI is InChI=1S/C12H20N2O/c1-10(15)8-9-13-11-6-4-5-7-12(11)14(2)3/h4-7,10,13,15H,8-9H2,1-3H3. The summed E-state index contributed by atoms with van der Waals surface area (Å²) in [5.41, 5.74) is 2.28. The summed E-state index contributed by atoms with van der Waals surface area (Å²) >= 11 is 0. The molecule has 1 aromatic carbocycles. The molecule has 0 aliphatic carbocycles. The molecule has 0 aliphatic heterocycles. The summed E-state index contributed by atoms with van der Waals surface area (Å²) in [5.74, 6) is 0. The third-order valence-corrected chi connectivity index (χ3v) is 2.26. The van der Waals surface area contributed by atoms with Gasteiger partial charge in [0.2, 0.25) is 0 Å². The first-order valence-electron chi connectivity index (χ1n) is 5.29. The highest BCUT2D eigenvalue weighted by Gasteiger charge is 2.02. The molecule has 84 valence electrons. The van der Waals surface area contributed by atoms with Crippen LogP contribution in [0, 0.1) is 0 Å². The van der Waals surface area contributed by atoms with Gasteiger partial charge in [0, 0.05) is 20.6 Å². The van der Waals surface area contributed by atoms with Crippen LogP contribution in [0.25, 0.3) is 0 Å². The fraction of sp³-hybridized carbons (Fsp3) is 0.500. The molecule has 0 bridgehead atoms. The lowest BCUT2D eigenvalue weighted by Crippen LogP contribution is -2.14. The number of benzene rings is 1. The van der Waals surface area contributed by atoms with Crippen LogP contribution in [0.5, 0.6) is 0 Å². The number of nitrogens with zero attached hydrogens (tertiary/aromatic N) is 1. The Kier molecular flexibility index (Phi) is 4.43. The molecule has 1 unspecified atom stereocenters. The van der Waals surface area contributed by atoms with E-state index in [0.717, 1.165) is 18.7 Å². The van der Waals surface area contributed by atoms with Gasteiger partial charge in [-0.1, -0.05) is 12.1 Å². The Balaban J connectivity index is 2.59. The quantitative estimate of drug-likeness (QED) is 0.776. The molecule has 1 aromatic rings. The SMILES string of the molecule is CC(O)CCNc1ccccc1N(C)C. The van der Waals surface area contributed by atoms with E-state index in [0.29, 0.717) is 0 Å². The molecule has 1 atom stereocenters.